The zero-order valence-corrected chi connectivity index (χ0v) is 14.7. The van der Waals surface area contributed by atoms with Gasteiger partial charge in [-0.1, -0.05) is 51.1 Å². The Labute approximate surface area is 143 Å². The summed E-state index contributed by atoms with van der Waals surface area (Å²) in [6.07, 6.45) is 4.67. The van der Waals surface area contributed by atoms with Crippen LogP contribution in [0.3, 0.4) is 0 Å². The molecule has 0 N–H and O–H groups in total. The number of nitrogens with zero attached hydrogens (tertiary/aromatic N) is 1. The van der Waals surface area contributed by atoms with E-state index in [1.54, 1.807) is 0 Å². The molecule has 0 aliphatic carbocycles. The van der Waals surface area contributed by atoms with E-state index in [2.05, 4.69) is 5.92 Å². The fraction of sp³-hybridized carbons (Fsp3) is 0.474. The van der Waals surface area contributed by atoms with Gasteiger partial charge in [0.25, 0.3) is 0 Å². The molecule has 1 aromatic carbocycles. The molecule has 5 heteroatoms. The maximum Gasteiger partial charge on any atom is 0.410 e. The highest BCUT2D eigenvalue weighted by molar-refractivity contribution is 5.78. The second-order valence-electron chi connectivity index (χ2n) is 6.65. The Balaban J connectivity index is 2.47. The number of carbonyl (C=O) groups is 2. The lowest BCUT2D eigenvalue weighted by molar-refractivity contribution is -0.155. The van der Waals surface area contributed by atoms with Crippen molar-refractivity contribution in [2.45, 2.75) is 39.9 Å². The Morgan fingerprint density at radius 2 is 1.88 bits per heavy atom. The molecule has 5 nitrogen and oxygen atoms in total. The Morgan fingerprint density at radius 3 is 2.42 bits per heavy atom. The number of terminal acetylenes is 1. The Hall–Kier alpha value is -2.48. The largest absolute Gasteiger partial charge is 0.459 e. The van der Waals surface area contributed by atoms with Gasteiger partial charge in [0.05, 0.1) is 0 Å². The number of carbonyl (C=O) groups excluding carboxylic acids is 2. The summed E-state index contributed by atoms with van der Waals surface area (Å²) in [6, 6.07) is 9.32. The predicted octanol–water partition coefficient (Wildman–Crippen LogP) is 3.24. The number of benzene rings is 1. The molecule has 1 aromatic rings. The van der Waals surface area contributed by atoms with Crippen LogP contribution in [0.5, 0.6) is 0 Å². The van der Waals surface area contributed by atoms with Crippen LogP contribution in [-0.2, 0) is 20.9 Å². The molecule has 1 rings (SSSR count). The van der Waals surface area contributed by atoms with Gasteiger partial charge in [-0.05, 0) is 11.0 Å². The second kappa shape index (κ2) is 8.97. The van der Waals surface area contributed by atoms with E-state index in [0.717, 1.165) is 5.56 Å². The molecule has 1 atom stereocenters. The second-order valence-corrected chi connectivity index (χ2v) is 6.65. The van der Waals surface area contributed by atoms with Gasteiger partial charge >= 0.3 is 12.1 Å². The lowest BCUT2D eigenvalue weighted by Gasteiger charge is -2.29. The van der Waals surface area contributed by atoms with Crippen molar-refractivity contribution in [3.63, 3.8) is 0 Å². The van der Waals surface area contributed by atoms with E-state index in [9.17, 15) is 9.59 Å². The van der Waals surface area contributed by atoms with Crippen LogP contribution in [0.25, 0.3) is 0 Å². The first-order valence-electron chi connectivity index (χ1n) is 7.78. The average Bonchev–Trinajstić information content (AvgIpc) is 2.52. The molecule has 1 amide bonds. The van der Waals surface area contributed by atoms with Gasteiger partial charge in [0, 0.05) is 13.5 Å². The summed E-state index contributed by atoms with van der Waals surface area (Å²) >= 11 is 0. The van der Waals surface area contributed by atoms with Crippen LogP contribution < -0.4 is 0 Å². The number of esters is 1. The van der Waals surface area contributed by atoms with Gasteiger partial charge in [0.15, 0.2) is 0 Å². The van der Waals surface area contributed by atoms with E-state index in [1.807, 2.05) is 51.1 Å². The standard InChI is InChI=1S/C19H25NO4/c1-6-10-16(19(2,3)4)24-17(21)13-20(5)18(22)23-14-15-11-8-7-9-12-15/h1,7-9,11-12,16H,10,13-14H2,2-5H3/t16-/m1/s1. The fourth-order valence-electron chi connectivity index (χ4n) is 1.92. The summed E-state index contributed by atoms with van der Waals surface area (Å²) < 4.78 is 10.6. The Morgan fingerprint density at radius 1 is 1.25 bits per heavy atom. The van der Waals surface area contributed by atoms with Gasteiger partial charge in [0.2, 0.25) is 0 Å². The quantitative estimate of drug-likeness (QED) is 0.593. The van der Waals surface area contributed by atoms with E-state index in [-0.39, 0.29) is 18.6 Å². The van der Waals surface area contributed by atoms with E-state index in [1.165, 1.54) is 11.9 Å². The fourth-order valence-corrected chi connectivity index (χ4v) is 1.92. The number of ether oxygens (including phenoxy) is 2. The normalized spacial score (nSPS) is 12.0. The first kappa shape index (κ1) is 19.6. The monoisotopic (exact) mass is 331 g/mol. The van der Waals surface area contributed by atoms with E-state index in [0.29, 0.717) is 6.42 Å². The number of rotatable bonds is 6. The van der Waals surface area contributed by atoms with Crippen LogP contribution >= 0.6 is 0 Å². The molecule has 0 saturated heterocycles. The molecule has 24 heavy (non-hydrogen) atoms. The van der Waals surface area contributed by atoms with E-state index < -0.39 is 18.2 Å². The van der Waals surface area contributed by atoms with E-state index in [4.69, 9.17) is 15.9 Å². The maximum atomic E-state index is 12.0. The van der Waals surface area contributed by atoms with Crippen molar-refractivity contribution in [3.05, 3.63) is 35.9 Å². The molecular formula is C19H25NO4. The molecule has 130 valence electrons. The van der Waals surface area contributed by atoms with Crippen molar-refractivity contribution in [3.8, 4) is 12.3 Å². The van der Waals surface area contributed by atoms with Gasteiger partial charge in [0.1, 0.15) is 19.3 Å². The molecule has 0 radical (unpaired) electrons. The highest BCUT2D eigenvalue weighted by atomic mass is 16.6. The van der Waals surface area contributed by atoms with Crippen molar-refractivity contribution in [1.82, 2.24) is 4.90 Å². The summed E-state index contributed by atoms with van der Waals surface area (Å²) in [6.45, 7) is 5.80. The average molecular weight is 331 g/mol. The zero-order valence-electron chi connectivity index (χ0n) is 14.7. The highest BCUT2D eigenvalue weighted by Crippen LogP contribution is 2.24. The zero-order chi connectivity index (χ0) is 18.2. The molecule has 0 spiro atoms. The molecule has 0 aliphatic rings. The van der Waals surface area contributed by atoms with Crippen molar-refractivity contribution in [1.29, 1.82) is 0 Å². The van der Waals surface area contributed by atoms with Gasteiger partial charge in [-0.2, -0.15) is 0 Å². The topological polar surface area (TPSA) is 55.8 Å². The Kier molecular flexibility index (Phi) is 7.31. The smallest absolute Gasteiger partial charge is 0.410 e. The molecule has 0 heterocycles. The minimum absolute atomic E-state index is 0.154. The van der Waals surface area contributed by atoms with E-state index >= 15 is 0 Å². The predicted molar refractivity (Wildman–Crippen MR) is 92.0 cm³/mol. The SMILES string of the molecule is C#CC[C@@H](OC(=O)CN(C)C(=O)OCc1ccccc1)C(C)(C)C. The summed E-state index contributed by atoms with van der Waals surface area (Å²) in [7, 11) is 1.49. The lowest BCUT2D eigenvalue weighted by atomic mass is 9.87. The third-order valence-corrected chi connectivity index (χ3v) is 3.43. The van der Waals surface area contributed by atoms with Crippen molar-refractivity contribution in [2.24, 2.45) is 5.41 Å². The summed E-state index contributed by atoms with van der Waals surface area (Å²) in [5, 5.41) is 0. The summed E-state index contributed by atoms with van der Waals surface area (Å²) in [4.78, 5) is 25.1. The van der Waals surface area contributed by atoms with Crippen LogP contribution in [0.15, 0.2) is 30.3 Å². The number of hydrogen-bond acceptors (Lipinski definition) is 4. The van der Waals surface area contributed by atoms with Gasteiger partial charge in [-0.25, -0.2) is 4.79 Å². The minimum Gasteiger partial charge on any atom is -0.459 e. The third kappa shape index (κ3) is 6.74. The first-order chi connectivity index (χ1) is 11.2. The molecule has 0 saturated carbocycles. The van der Waals surface area contributed by atoms with Crippen LogP contribution in [0.2, 0.25) is 0 Å². The van der Waals surface area contributed by atoms with Gasteiger partial charge in [-0.3, -0.25) is 4.79 Å². The molecule has 0 bridgehead atoms. The van der Waals surface area contributed by atoms with Gasteiger partial charge in [-0.15, -0.1) is 12.3 Å². The Bertz CT molecular complexity index is 584. The van der Waals surface area contributed by atoms with Crippen LogP contribution in [0.4, 0.5) is 4.79 Å². The summed E-state index contributed by atoms with van der Waals surface area (Å²) in [5.74, 6) is 2.00. The van der Waals surface area contributed by atoms with Crippen LogP contribution in [-0.4, -0.2) is 36.7 Å². The summed E-state index contributed by atoms with van der Waals surface area (Å²) in [5.41, 5.74) is 0.609. The van der Waals surface area contributed by atoms with Crippen molar-refractivity contribution >= 4 is 12.1 Å². The van der Waals surface area contributed by atoms with Crippen molar-refractivity contribution in [2.75, 3.05) is 13.6 Å². The molecule has 0 aromatic heterocycles. The highest BCUT2D eigenvalue weighted by Gasteiger charge is 2.28. The molecular weight excluding hydrogens is 306 g/mol. The van der Waals surface area contributed by atoms with Crippen LogP contribution in [0, 0.1) is 17.8 Å². The number of amides is 1. The molecule has 0 aliphatic heterocycles. The maximum absolute atomic E-state index is 12.0. The lowest BCUT2D eigenvalue weighted by Crippen LogP contribution is -2.38. The third-order valence-electron chi connectivity index (χ3n) is 3.43. The number of hydrogen-bond donors (Lipinski definition) is 0. The molecule has 0 unspecified atom stereocenters. The molecule has 0 fully saturated rings. The van der Waals surface area contributed by atoms with Crippen molar-refractivity contribution < 1.29 is 19.1 Å². The first-order valence-corrected chi connectivity index (χ1v) is 7.78. The van der Waals surface area contributed by atoms with Gasteiger partial charge < -0.3 is 14.4 Å². The number of likely N-dealkylation sites (N-methyl/N-ethyl adjacent to an activating group) is 1. The van der Waals surface area contributed by atoms with Crippen LogP contribution in [0.1, 0.15) is 32.8 Å². The minimum atomic E-state index is -0.583.